The topological polar surface area (TPSA) is 78.9 Å². The van der Waals surface area contributed by atoms with Crippen molar-refractivity contribution in [2.75, 3.05) is 14.2 Å². The second kappa shape index (κ2) is 8.38. The van der Waals surface area contributed by atoms with Gasteiger partial charge in [0, 0.05) is 12.8 Å². The minimum Gasteiger partial charge on any atom is -0.469 e. The summed E-state index contributed by atoms with van der Waals surface area (Å²) >= 11 is 0. The number of hydrogen-bond donors (Lipinski definition) is 0. The summed E-state index contributed by atoms with van der Waals surface area (Å²) in [5.74, 6) is 0.884. The molecule has 0 saturated carbocycles. The summed E-state index contributed by atoms with van der Waals surface area (Å²) in [6.45, 7) is 1.97. The Morgan fingerprint density at radius 2 is 1.33 bits per heavy atom. The van der Waals surface area contributed by atoms with E-state index in [4.69, 9.17) is 8.83 Å². The van der Waals surface area contributed by atoms with E-state index in [9.17, 15) is 9.59 Å². The van der Waals surface area contributed by atoms with Crippen LogP contribution in [0.3, 0.4) is 0 Å². The van der Waals surface area contributed by atoms with Gasteiger partial charge in [-0.15, -0.1) is 0 Å². The first kappa shape index (κ1) is 17.8. The van der Waals surface area contributed by atoms with E-state index >= 15 is 0 Å². The van der Waals surface area contributed by atoms with Gasteiger partial charge in [-0.3, -0.25) is 9.59 Å². The van der Waals surface area contributed by atoms with E-state index in [-0.39, 0.29) is 17.9 Å². The number of aryl methyl sites for hydroxylation is 2. The number of carbonyl (C=O) groups excluding carboxylic acids is 2. The SMILES string of the molecule is COC(=O)CCc1ccoc1C(C)c1occc1CCC(=O)OC. The van der Waals surface area contributed by atoms with Gasteiger partial charge in [-0.25, -0.2) is 0 Å². The number of ether oxygens (including phenoxy) is 2. The summed E-state index contributed by atoms with van der Waals surface area (Å²) in [6, 6.07) is 3.71. The maximum absolute atomic E-state index is 11.3. The lowest BCUT2D eigenvalue weighted by molar-refractivity contribution is -0.141. The molecule has 0 radical (unpaired) electrons. The van der Waals surface area contributed by atoms with Crippen molar-refractivity contribution < 1.29 is 27.9 Å². The minimum atomic E-state index is -0.258. The monoisotopic (exact) mass is 334 g/mol. The van der Waals surface area contributed by atoms with E-state index in [1.807, 2.05) is 19.1 Å². The van der Waals surface area contributed by atoms with Crippen LogP contribution in [0, 0.1) is 0 Å². The molecule has 2 heterocycles. The summed E-state index contributed by atoms with van der Waals surface area (Å²) in [5.41, 5.74) is 1.89. The van der Waals surface area contributed by atoms with E-state index in [1.54, 1.807) is 12.5 Å². The largest absolute Gasteiger partial charge is 0.469 e. The van der Waals surface area contributed by atoms with Crippen molar-refractivity contribution in [1.29, 1.82) is 0 Å². The number of rotatable bonds is 8. The van der Waals surface area contributed by atoms with Crippen molar-refractivity contribution >= 4 is 11.9 Å². The van der Waals surface area contributed by atoms with Crippen molar-refractivity contribution in [3.63, 3.8) is 0 Å². The molecule has 2 rings (SSSR count). The van der Waals surface area contributed by atoms with E-state index in [0.29, 0.717) is 25.7 Å². The number of furan rings is 2. The molecular formula is C18H22O6. The van der Waals surface area contributed by atoms with E-state index in [2.05, 4.69) is 9.47 Å². The Morgan fingerprint density at radius 1 is 0.917 bits per heavy atom. The number of methoxy groups -OCH3 is 2. The maximum Gasteiger partial charge on any atom is 0.305 e. The zero-order chi connectivity index (χ0) is 17.5. The Morgan fingerprint density at radius 3 is 1.71 bits per heavy atom. The molecule has 6 nitrogen and oxygen atoms in total. The molecule has 0 aromatic carbocycles. The molecule has 0 spiro atoms. The minimum absolute atomic E-state index is 0.115. The third-order valence-electron chi connectivity index (χ3n) is 4.00. The van der Waals surface area contributed by atoms with E-state index in [0.717, 1.165) is 22.6 Å². The van der Waals surface area contributed by atoms with Crippen LogP contribution in [0.15, 0.2) is 33.5 Å². The van der Waals surface area contributed by atoms with Gasteiger partial charge >= 0.3 is 11.9 Å². The average molecular weight is 334 g/mol. The molecule has 0 fully saturated rings. The summed E-state index contributed by atoms with van der Waals surface area (Å²) < 4.78 is 20.6. The van der Waals surface area contributed by atoms with Crippen LogP contribution < -0.4 is 0 Å². The van der Waals surface area contributed by atoms with Crippen molar-refractivity contribution in [1.82, 2.24) is 0 Å². The summed E-state index contributed by atoms with van der Waals surface area (Å²) in [5, 5.41) is 0. The molecular weight excluding hydrogens is 312 g/mol. The van der Waals surface area contributed by atoms with Crippen LogP contribution in [-0.4, -0.2) is 26.2 Å². The highest BCUT2D eigenvalue weighted by molar-refractivity contribution is 5.70. The van der Waals surface area contributed by atoms with Crippen molar-refractivity contribution in [3.05, 3.63) is 47.3 Å². The lowest BCUT2D eigenvalue weighted by Crippen LogP contribution is -2.06. The molecule has 0 bridgehead atoms. The first-order valence-corrected chi connectivity index (χ1v) is 7.83. The van der Waals surface area contributed by atoms with Crippen molar-refractivity contribution in [2.45, 2.75) is 38.5 Å². The van der Waals surface area contributed by atoms with E-state index in [1.165, 1.54) is 14.2 Å². The molecule has 0 amide bonds. The highest BCUT2D eigenvalue weighted by Gasteiger charge is 2.22. The second-order valence-electron chi connectivity index (χ2n) is 5.49. The summed E-state index contributed by atoms with van der Waals surface area (Å²) in [7, 11) is 2.75. The zero-order valence-corrected chi connectivity index (χ0v) is 14.2. The molecule has 24 heavy (non-hydrogen) atoms. The Bertz CT molecular complexity index is 623. The van der Waals surface area contributed by atoms with Crippen LogP contribution in [0.1, 0.15) is 48.3 Å². The summed E-state index contributed by atoms with van der Waals surface area (Å²) in [4.78, 5) is 22.7. The van der Waals surface area contributed by atoms with Gasteiger partial charge in [0.15, 0.2) is 0 Å². The van der Waals surface area contributed by atoms with Gasteiger partial charge in [0.05, 0.1) is 32.7 Å². The van der Waals surface area contributed by atoms with Gasteiger partial charge in [0.25, 0.3) is 0 Å². The fourth-order valence-corrected chi connectivity index (χ4v) is 2.66. The smallest absolute Gasteiger partial charge is 0.305 e. The van der Waals surface area contributed by atoms with Gasteiger partial charge in [-0.1, -0.05) is 0 Å². The molecule has 2 aromatic heterocycles. The fraction of sp³-hybridized carbons (Fsp3) is 0.444. The Balaban J connectivity index is 2.11. The summed E-state index contributed by atoms with van der Waals surface area (Å²) in [6.07, 6.45) is 4.89. The average Bonchev–Trinajstić information content (AvgIpc) is 3.25. The van der Waals surface area contributed by atoms with Crippen LogP contribution in [0.4, 0.5) is 0 Å². The predicted molar refractivity (Wildman–Crippen MR) is 85.6 cm³/mol. The zero-order valence-electron chi connectivity index (χ0n) is 14.2. The normalized spacial score (nSPS) is 10.8. The Hall–Kier alpha value is -2.50. The second-order valence-corrected chi connectivity index (χ2v) is 5.49. The molecule has 0 saturated heterocycles. The van der Waals surface area contributed by atoms with Crippen molar-refractivity contribution in [2.24, 2.45) is 0 Å². The molecule has 0 unspecified atom stereocenters. The van der Waals surface area contributed by atoms with Crippen LogP contribution >= 0.6 is 0 Å². The van der Waals surface area contributed by atoms with Crippen molar-refractivity contribution in [3.8, 4) is 0 Å². The van der Waals surface area contributed by atoms with Gasteiger partial charge < -0.3 is 18.3 Å². The maximum atomic E-state index is 11.3. The van der Waals surface area contributed by atoms with Gasteiger partial charge in [-0.2, -0.15) is 0 Å². The fourth-order valence-electron chi connectivity index (χ4n) is 2.66. The molecule has 2 aromatic rings. The van der Waals surface area contributed by atoms with Crippen LogP contribution in [-0.2, 0) is 31.9 Å². The quantitative estimate of drug-likeness (QED) is 0.690. The third-order valence-corrected chi connectivity index (χ3v) is 4.00. The number of carbonyl (C=O) groups is 2. The number of hydrogen-bond acceptors (Lipinski definition) is 6. The van der Waals surface area contributed by atoms with Crippen LogP contribution in [0.25, 0.3) is 0 Å². The van der Waals surface area contributed by atoms with Crippen LogP contribution in [0.2, 0.25) is 0 Å². The van der Waals surface area contributed by atoms with Gasteiger partial charge in [0.1, 0.15) is 11.5 Å². The lowest BCUT2D eigenvalue weighted by Gasteiger charge is -2.11. The molecule has 0 atom stereocenters. The highest BCUT2D eigenvalue weighted by atomic mass is 16.5. The standard InChI is InChI=1S/C18H22O6/c1-12(17-13(8-10-23-17)4-6-15(19)21-2)18-14(9-11-24-18)5-7-16(20)22-3/h8-12H,4-7H2,1-3H3. The molecule has 130 valence electrons. The van der Waals surface area contributed by atoms with Gasteiger partial charge in [-0.05, 0) is 43.0 Å². The third kappa shape index (κ3) is 4.28. The van der Waals surface area contributed by atoms with Crippen LogP contribution in [0.5, 0.6) is 0 Å². The molecule has 0 aliphatic carbocycles. The highest BCUT2D eigenvalue weighted by Crippen LogP contribution is 2.32. The molecule has 0 N–H and O–H groups in total. The Kier molecular flexibility index (Phi) is 6.23. The number of esters is 2. The van der Waals surface area contributed by atoms with Gasteiger partial charge in [0.2, 0.25) is 0 Å². The first-order valence-electron chi connectivity index (χ1n) is 7.83. The lowest BCUT2D eigenvalue weighted by atomic mass is 9.96. The Labute approximate surface area is 140 Å². The molecule has 6 heteroatoms. The molecule has 0 aliphatic heterocycles. The van der Waals surface area contributed by atoms with E-state index < -0.39 is 0 Å². The first-order chi connectivity index (χ1) is 11.6. The predicted octanol–water partition coefficient (Wildman–Crippen LogP) is 3.24. The molecule has 0 aliphatic rings.